The molecule has 112 valence electrons. The van der Waals surface area contributed by atoms with Gasteiger partial charge in [-0.1, -0.05) is 19.8 Å². The van der Waals surface area contributed by atoms with Crippen molar-refractivity contribution in [1.82, 2.24) is 9.88 Å². The highest BCUT2D eigenvalue weighted by Crippen LogP contribution is 2.36. The third-order valence-electron chi connectivity index (χ3n) is 4.03. The van der Waals surface area contributed by atoms with E-state index in [1.165, 1.54) is 29.7 Å². The van der Waals surface area contributed by atoms with Gasteiger partial charge in [-0.2, -0.15) is 0 Å². The van der Waals surface area contributed by atoms with Crippen LogP contribution in [0.15, 0.2) is 17.2 Å². The molecule has 0 spiro atoms. The molecule has 0 saturated heterocycles. The first-order chi connectivity index (χ1) is 9.21. The van der Waals surface area contributed by atoms with Crippen molar-refractivity contribution in [3.8, 4) is 0 Å². The van der Waals surface area contributed by atoms with Crippen LogP contribution >= 0.6 is 0 Å². The van der Waals surface area contributed by atoms with Gasteiger partial charge in [0.15, 0.2) is 0 Å². The second-order valence-corrected chi connectivity index (χ2v) is 7.48. The average Bonchev–Trinajstić information content (AvgIpc) is 2.93. The lowest BCUT2D eigenvalue weighted by Crippen LogP contribution is -2.34. The highest BCUT2D eigenvalue weighted by atomic mass is 32.2. The van der Waals surface area contributed by atoms with Crippen LogP contribution in [0.2, 0.25) is 0 Å². The van der Waals surface area contributed by atoms with Gasteiger partial charge in [-0.15, -0.1) is 0 Å². The molecule has 1 aromatic rings. The Hall–Kier alpha value is -1.34. The highest BCUT2D eigenvalue weighted by Gasteiger charge is 2.29. The number of aromatic nitrogens is 1. The number of rotatable bonds is 4. The van der Waals surface area contributed by atoms with Crippen LogP contribution in [0.25, 0.3) is 0 Å². The average molecular weight is 299 g/mol. The van der Waals surface area contributed by atoms with Gasteiger partial charge in [-0.05, 0) is 24.3 Å². The van der Waals surface area contributed by atoms with E-state index < -0.39 is 10.0 Å². The van der Waals surface area contributed by atoms with Crippen LogP contribution in [-0.4, -0.2) is 25.4 Å². The molecule has 0 bridgehead atoms. The van der Waals surface area contributed by atoms with Crippen molar-refractivity contribution in [2.45, 2.75) is 37.5 Å². The van der Waals surface area contributed by atoms with Crippen molar-refractivity contribution < 1.29 is 13.2 Å². The quantitative estimate of drug-likeness (QED) is 0.867. The fourth-order valence-electron chi connectivity index (χ4n) is 2.71. The van der Waals surface area contributed by atoms with Crippen molar-refractivity contribution in [3.63, 3.8) is 0 Å². The van der Waals surface area contributed by atoms with E-state index in [9.17, 15) is 13.2 Å². The van der Waals surface area contributed by atoms with Crippen molar-refractivity contribution in [2.75, 3.05) is 6.54 Å². The Labute approximate surface area is 119 Å². The van der Waals surface area contributed by atoms with Crippen molar-refractivity contribution in [2.24, 2.45) is 17.6 Å². The van der Waals surface area contributed by atoms with Gasteiger partial charge in [0.2, 0.25) is 10.0 Å². The number of carbonyl (C=O) groups is 1. The SMILES string of the molecule is Cn1cc(S(N)(=O)=O)cc1C(=O)NCC1(C)CCCC1. The molecule has 1 aromatic heterocycles. The molecule has 1 saturated carbocycles. The van der Waals surface area contributed by atoms with E-state index in [4.69, 9.17) is 5.14 Å². The number of nitrogens with two attached hydrogens (primary N) is 1. The summed E-state index contributed by atoms with van der Waals surface area (Å²) >= 11 is 0. The number of sulfonamides is 1. The molecule has 1 aliphatic carbocycles. The summed E-state index contributed by atoms with van der Waals surface area (Å²) in [6.07, 6.45) is 5.98. The van der Waals surface area contributed by atoms with Crippen molar-refractivity contribution >= 4 is 15.9 Å². The van der Waals surface area contributed by atoms with Crippen LogP contribution < -0.4 is 10.5 Å². The normalized spacial score (nSPS) is 18.1. The van der Waals surface area contributed by atoms with Gasteiger partial charge in [0.1, 0.15) is 10.6 Å². The Morgan fingerprint density at radius 3 is 2.55 bits per heavy atom. The van der Waals surface area contributed by atoms with E-state index in [1.807, 2.05) is 0 Å². The summed E-state index contributed by atoms with van der Waals surface area (Å²) in [5.41, 5.74) is 0.458. The van der Waals surface area contributed by atoms with Gasteiger partial charge in [-0.3, -0.25) is 4.79 Å². The number of hydrogen-bond donors (Lipinski definition) is 2. The minimum atomic E-state index is -3.78. The zero-order valence-corrected chi connectivity index (χ0v) is 12.7. The third-order valence-corrected chi connectivity index (χ3v) is 4.91. The maximum Gasteiger partial charge on any atom is 0.267 e. The molecule has 0 aliphatic heterocycles. The highest BCUT2D eigenvalue weighted by molar-refractivity contribution is 7.89. The first-order valence-electron chi connectivity index (χ1n) is 6.69. The van der Waals surface area contributed by atoms with E-state index >= 15 is 0 Å². The maximum atomic E-state index is 12.1. The molecule has 3 N–H and O–H groups in total. The Kier molecular flexibility index (Phi) is 3.93. The summed E-state index contributed by atoms with van der Waals surface area (Å²) in [6, 6.07) is 1.31. The van der Waals surface area contributed by atoms with E-state index in [0.29, 0.717) is 12.2 Å². The molecular weight excluding hydrogens is 278 g/mol. The molecule has 0 unspecified atom stereocenters. The summed E-state index contributed by atoms with van der Waals surface area (Å²) in [5, 5.41) is 7.95. The first-order valence-corrected chi connectivity index (χ1v) is 8.23. The summed E-state index contributed by atoms with van der Waals surface area (Å²) in [7, 11) is -2.16. The van der Waals surface area contributed by atoms with E-state index in [2.05, 4.69) is 12.2 Å². The maximum absolute atomic E-state index is 12.1. The standard InChI is InChI=1S/C13H21N3O3S/c1-13(5-3-4-6-13)9-15-12(17)11-7-10(8-16(11)2)20(14,18)19/h7-8H,3-6,9H2,1-2H3,(H,15,17)(H2,14,18,19). The number of primary sulfonamides is 1. The summed E-state index contributed by atoms with van der Waals surface area (Å²) in [5.74, 6) is -0.268. The predicted molar refractivity (Wildman–Crippen MR) is 75.7 cm³/mol. The number of nitrogens with zero attached hydrogens (tertiary/aromatic N) is 1. The molecule has 0 atom stereocenters. The fraction of sp³-hybridized carbons (Fsp3) is 0.615. The summed E-state index contributed by atoms with van der Waals surface area (Å²) < 4.78 is 24.0. The lowest BCUT2D eigenvalue weighted by atomic mass is 9.89. The third kappa shape index (κ3) is 3.21. The molecule has 1 amide bonds. The molecule has 0 aromatic carbocycles. The Balaban J connectivity index is 2.08. The fourth-order valence-corrected chi connectivity index (χ4v) is 3.29. The van der Waals surface area contributed by atoms with Gasteiger partial charge < -0.3 is 9.88 Å². The molecule has 1 aliphatic rings. The van der Waals surface area contributed by atoms with E-state index in [-0.39, 0.29) is 16.2 Å². The van der Waals surface area contributed by atoms with Crippen molar-refractivity contribution in [3.05, 3.63) is 18.0 Å². The Bertz CT molecular complexity index is 613. The lowest BCUT2D eigenvalue weighted by molar-refractivity contribution is 0.0926. The van der Waals surface area contributed by atoms with Crippen LogP contribution in [0.5, 0.6) is 0 Å². The first kappa shape index (κ1) is 15.1. The van der Waals surface area contributed by atoms with Crippen LogP contribution in [-0.2, 0) is 17.1 Å². The molecule has 0 radical (unpaired) electrons. The van der Waals surface area contributed by atoms with Crippen LogP contribution in [0.3, 0.4) is 0 Å². The second kappa shape index (κ2) is 5.21. The summed E-state index contributed by atoms with van der Waals surface area (Å²) in [4.78, 5) is 12.1. The minimum Gasteiger partial charge on any atom is -0.350 e. The van der Waals surface area contributed by atoms with Gasteiger partial charge in [0, 0.05) is 19.8 Å². The Morgan fingerprint density at radius 1 is 1.45 bits per heavy atom. The van der Waals surface area contributed by atoms with Crippen LogP contribution in [0.4, 0.5) is 0 Å². The zero-order chi connectivity index (χ0) is 15.0. The number of hydrogen-bond acceptors (Lipinski definition) is 3. The van der Waals surface area contributed by atoms with Gasteiger partial charge in [-0.25, -0.2) is 13.6 Å². The number of carbonyl (C=O) groups excluding carboxylic acids is 1. The topological polar surface area (TPSA) is 94.2 Å². The van der Waals surface area contributed by atoms with Gasteiger partial charge in [0.25, 0.3) is 5.91 Å². The second-order valence-electron chi connectivity index (χ2n) is 5.92. The number of aryl methyl sites for hydroxylation is 1. The molecule has 20 heavy (non-hydrogen) atoms. The minimum absolute atomic E-state index is 0.0442. The number of amides is 1. The van der Waals surface area contributed by atoms with Gasteiger partial charge >= 0.3 is 0 Å². The largest absolute Gasteiger partial charge is 0.350 e. The van der Waals surface area contributed by atoms with Crippen molar-refractivity contribution in [1.29, 1.82) is 0 Å². The van der Waals surface area contributed by atoms with Crippen LogP contribution in [0.1, 0.15) is 43.1 Å². The monoisotopic (exact) mass is 299 g/mol. The lowest BCUT2D eigenvalue weighted by Gasteiger charge is -2.23. The smallest absolute Gasteiger partial charge is 0.267 e. The van der Waals surface area contributed by atoms with E-state index in [0.717, 1.165) is 12.8 Å². The molecule has 7 heteroatoms. The zero-order valence-electron chi connectivity index (χ0n) is 11.8. The van der Waals surface area contributed by atoms with E-state index in [1.54, 1.807) is 7.05 Å². The van der Waals surface area contributed by atoms with Gasteiger partial charge in [0.05, 0.1) is 0 Å². The summed E-state index contributed by atoms with van der Waals surface area (Å²) in [6.45, 7) is 2.78. The number of nitrogens with one attached hydrogen (secondary N) is 1. The Morgan fingerprint density at radius 2 is 2.05 bits per heavy atom. The molecular formula is C13H21N3O3S. The molecule has 1 fully saturated rings. The molecule has 2 rings (SSSR count). The molecule has 6 nitrogen and oxygen atoms in total. The molecule has 1 heterocycles. The van der Waals surface area contributed by atoms with Crippen LogP contribution in [0, 0.1) is 5.41 Å². The predicted octanol–water partition coefficient (Wildman–Crippen LogP) is 0.983.